The Balaban J connectivity index is 1.55. The van der Waals surface area contributed by atoms with Crippen molar-refractivity contribution in [3.8, 4) is 0 Å². The molecule has 9 atom stereocenters. The molecule has 1 aliphatic heterocycles. The second-order valence-electron chi connectivity index (χ2n) is 11.8. The molecule has 9 unspecified atom stereocenters. The predicted octanol–water partition coefficient (Wildman–Crippen LogP) is 3.29. The summed E-state index contributed by atoms with van der Waals surface area (Å²) in [5.74, 6) is 0.645. The van der Waals surface area contributed by atoms with Crippen molar-refractivity contribution < 1.29 is 24.2 Å². The number of Topliss-reactive ketones (excluding diaryl/α,β-unsaturated/α-hetero) is 1. The molecule has 1 heterocycles. The van der Waals surface area contributed by atoms with E-state index in [2.05, 4.69) is 20.8 Å². The molecule has 0 aromatic carbocycles. The van der Waals surface area contributed by atoms with Gasteiger partial charge in [0.15, 0.2) is 23.5 Å². The van der Waals surface area contributed by atoms with Crippen molar-refractivity contribution >= 4 is 11.6 Å². The molecule has 0 aromatic heterocycles. The van der Waals surface area contributed by atoms with Crippen LogP contribution in [0.3, 0.4) is 0 Å². The van der Waals surface area contributed by atoms with Crippen molar-refractivity contribution in [2.45, 2.75) is 83.4 Å². The highest BCUT2D eigenvalue weighted by atomic mass is 16.7. The van der Waals surface area contributed by atoms with E-state index in [1.807, 2.05) is 25.1 Å². The number of hydrogen-bond acceptors (Lipinski definition) is 6. The number of likely N-dealkylation sites (N-methyl/N-ethyl adjacent to an activating group) is 1. The Kier molecular flexibility index (Phi) is 5.56. The van der Waals surface area contributed by atoms with Gasteiger partial charge in [-0.05, 0) is 70.2 Å². The monoisotopic (exact) mass is 457 g/mol. The molecular formula is C27H39NO5. The van der Waals surface area contributed by atoms with E-state index in [1.54, 1.807) is 12.2 Å². The summed E-state index contributed by atoms with van der Waals surface area (Å²) in [6.45, 7) is 6.76. The minimum Gasteiger partial charge on any atom is -0.393 e. The van der Waals surface area contributed by atoms with Crippen molar-refractivity contribution in [1.82, 2.24) is 4.90 Å². The van der Waals surface area contributed by atoms with Crippen LogP contribution in [0, 0.1) is 28.6 Å². The zero-order valence-electron chi connectivity index (χ0n) is 20.7. The summed E-state index contributed by atoms with van der Waals surface area (Å²) in [5, 5.41) is 11.7. The lowest BCUT2D eigenvalue weighted by Gasteiger charge is -2.59. The average Bonchev–Trinajstić information content (AvgIpc) is 3.20. The number of allylic oxidation sites excluding steroid dienone is 4. The zero-order chi connectivity index (χ0) is 23.8. The molecule has 1 N–H and O–H groups in total. The third-order valence-corrected chi connectivity index (χ3v) is 9.69. The molecule has 6 nitrogen and oxygen atoms in total. The highest BCUT2D eigenvalue weighted by molar-refractivity contribution is 6.01. The lowest BCUT2D eigenvalue weighted by molar-refractivity contribution is -0.199. The van der Waals surface area contributed by atoms with E-state index in [1.165, 1.54) is 0 Å². The van der Waals surface area contributed by atoms with Crippen LogP contribution < -0.4 is 0 Å². The van der Waals surface area contributed by atoms with E-state index < -0.39 is 17.1 Å². The molecule has 1 saturated heterocycles. The lowest BCUT2D eigenvalue weighted by atomic mass is 9.46. The predicted molar refractivity (Wildman–Crippen MR) is 124 cm³/mol. The van der Waals surface area contributed by atoms with Crippen LogP contribution in [0.1, 0.15) is 59.3 Å². The number of nitrogens with zero attached hydrogens (tertiary/aromatic N) is 1. The second kappa shape index (κ2) is 7.84. The Hall–Kier alpha value is -1.34. The number of carbonyl (C=O) groups excluding carboxylic acids is 2. The van der Waals surface area contributed by atoms with E-state index in [0.29, 0.717) is 13.0 Å². The highest BCUT2D eigenvalue weighted by Crippen LogP contribution is 2.69. The quantitative estimate of drug-likeness (QED) is 0.683. The third-order valence-electron chi connectivity index (χ3n) is 9.69. The number of rotatable bonds is 5. The molecule has 0 amide bonds. The molecule has 6 heteroatoms. The topological polar surface area (TPSA) is 76.1 Å². The van der Waals surface area contributed by atoms with Gasteiger partial charge in [-0.25, -0.2) is 0 Å². The van der Waals surface area contributed by atoms with Crippen LogP contribution in [-0.2, 0) is 19.1 Å². The minimum atomic E-state index is -1.01. The largest absolute Gasteiger partial charge is 0.393 e. The van der Waals surface area contributed by atoms with E-state index in [-0.39, 0.29) is 47.1 Å². The van der Waals surface area contributed by atoms with Crippen molar-refractivity contribution in [3.63, 3.8) is 0 Å². The standard InChI is InChI=1S/C27H39NO5/c1-6-7-23-32-22-13-19-18-9-8-16-12-17(29)10-11-25(16,2)24(18)20(30)14-26(19,3)27(22,33-23)21(31)15-28(4)5/h10-12,18-20,22-24,30H,6-9,13-15H2,1-5H3. The van der Waals surface area contributed by atoms with Crippen molar-refractivity contribution in [3.05, 3.63) is 23.8 Å². The van der Waals surface area contributed by atoms with E-state index in [9.17, 15) is 14.7 Å². The first-order valence-corrected chi connectivity index (χ1v) is 12.7. The van der Waals surface area contributed by atoms with Gasteiger partial charge in [-0.3, -0.25) is 9.59 Å². The van der Waals surface area contributed by atoms with Gasteiger partial charge in [0, 0.05) is 16.7 Å². The molecular weight excluding hydrogens is 418 g/mol. The fourth-order valence-electron chi connectivity index (χ4n) is 8.41. The van der Waals surface area contributed by atoms with E-state index >= 15 is 0 Å². The second-order valence-corrected chi connectivity index (χ2v) is 11.8. The van der Waals surface area contributed by atoms with Crippen molar-refractivity contribution in [2.75, 3.05) is 20.6 Å². The van der Waals surface area contributed by atoms with Gasteiger partial charge in [0.25, 0.3) is 0 Å². The summed E-state index contributed by atoms with van der Waals surface area (Å²) in [6.07, 6.45) is 9.07. The molecule has 182 valence electrons. The number of aliphatic hydroxyl groups excluding tert-OH is 1. The molecule has 4 aliphatic carbocycles. The van der Waals surface area contributed by atoms with Crippen LogP contribution in [0.5, 0.6) is 0 Å². The van der Waals surface area contributed by atoms with Crippen LogP contribution in [0.2, 0.25) is 0 Å². The Morgan fingerprint density at radius 3 is 2.76 bits per heavy atom. The van der Waals surface area contributed by atoms with Crippen LogP contribution in [0.4, 0.5) is 0 Å². The Morgan fingerprint density at radius 2 is 2.06 bits per heavy atom. The van der Waals surface area contributed by atoms with Crippen LogP contribution in [0.15, 0.2) is 23.8 Å². The summed E-state index contributed by atoms with van der Waals surface area (Å²) >= 11 is 0. The van der Waals surface area contributed by atoms with Crippen molar-refractivity contribution in [1.29, 1.82) is 0 Å². The Labute approximate surface area is 197 Å². The van der Waals surface area contributed by atoms with Crippen molar-refractivity contribution in [2.24, 2.45) is 28.6 Å². The van der Waals surface area contributed by atoms with Gasteiger partial charge in [-0.15, -0.1) is 0 Å². The van der Waals surface area contributed by atoms with Gasteiger partial charge in [0.05, 0.1) is 18.8 Å². The van der Waals surface area contributed by atoms with Gasteiger partial charge in [-0.1, -0.05) is 38.8 Å². The molecule has 4 fully saturated rings. The fourth-order valence-corrected chi connectivity index (χ4v) is 8.41. The molecule has 0 aromatic rings. The normalized spacial score (nSPS) is 48.2. The Bertz CT molecular complexity index is 910. The van der Waals surface area contributed by atoms with Gasteiger partial charge in [0.2, 0.25) is 0 Å². The minimum absolute atomic E-state index is 0.0335. The molecule has 0 radical (unpaired) electrons. The molecule has 5 aliphatic rings. The summed E-state index contributed by atoms with van der Waals surface area (Å²) in [7, 11) is 3.83. The number of ether oxygens (including phenoxy) is 2. The Morgan fingerprint density at radius 1 is 1.30 bits per heavy atom. The lowest BCUT2D eigenvalue weighted by Crippen LogP contribution is -2.64. The molecule has 33 heavy (non-hydrogen) atoms. The SMILES string of the molecule is CCCC1OC2CC3C4CCC5=CC(=O)C=CC5(C)C4C(O)CC3(C)C2(C(=O)CN(C)C)O1. The number of hydrogen-bond donors (Lipinski definition) is 1. The van der Waals surface area contributed by atoms with Crippen LogP contribution in [-0.4, -0.2) is 66.3 Å². The van der Waals surface area contributed by atoms with E-state index in [4.69, 9.17) is 9.47 Å². The maximum atomic E-state index is 13.9. The van der Waals surface area contributed by atoms with Gasteiger partial charge >= 0.3 is 0 Å². The molecule has 0 bridgehead atoms. The fraction of sp³-hybridized carbons (Fsp3) is 0.778. The average molecular weight is 458 g/mol. The van der Waals surface area contributed by atoms with E-state index in [0.717, 1.165) is 37.7 Å². The van der Waals surface area contributed by atoms with Crippen LogP contribution >= 0.6 is 0 Å². The summed E-state index contributed by atoms with van der Waals surface area (Å²) in [6, 6.07) is 0. The number of carbonyl (C=O) groups is 2. The smallest absolute Gasteiger partial charge is 0.181 e. The third kappa shape index (κ3) is 3.13. The van der Waals surface area contributed by atoms with Gasteiger partial charge in [-0.2, -0.15) is 0 Å². The first kappa shape index (κ1) is 23.4. The van der Waals surface area contributed by atoms with Crippen LogP contribution in [0.25, 0.3) is 0 Å². The summed E-state index contributed by atoms with van der Waals surface area (Å²) in [4.78, 5) is 27.8. The summed E-state index contributed by atoms with van der Waals surface area (Å²) in [5.41, 5.74) is -0.670. The summed E-state index contributed by atoms with van der Waals surface area (Å²) < 4.78 is 13.1. The maximum Gasteiger partial charge on any atom is 0.181 e. The number of ketones is 2. The molecule has 0 spiro atoms. The van der Waals surface area contributed by atoms with Gasteiger partial charge in [0.1, 0.15) is 0 Å². The maximum absolute atomic E-state index is 13.9. The first-order valence-electron chi connectivity index (χ1n) is 12.7. The molecule has 3 saturated carbocycles. The number of aliphatic hydroxyl groups is 1. The van der Waals surface area contributed by atoms with Gasteiger partial charge < -0.3 is 19.5 Å². The zero-order valence-corrected chi connectivity index (χ0v) is 20.7. The highest BCUT2D eigenvalue weighted by Gasteiger charge is 2.75. The molecule has 5 rings (SSSR count). The first-order chi connectivity index (χ1) is 15.6. The number of fused-ring (bicyclic) bond motifs is 7.